The molecule has 0 unspecified atom stereocenters. The van der Waals surface area contributed by atoms with Crippen molar-refractivity contribution in [1.82, 2.24) is 0 Å². The van der Waals surface area contributed by atoms with Crippen LogP contribution >= 0.6 is 0 Å². The molecule has 1 rings (SSSR count). The number of methoxy groups -OCH3 is 2. The number of amides is 1. The molecule has 0 saturated heterocycles. The van der Waals surface area contributed by atoms with E-state index in [0.717, 1.165) is 0 Å². The molecule has 0 heterocycles. The third kappa shape index (κ3) is 2.33. The van der Waals surface area contributed by atoms with Crippen LogP contribution in [0.5, 0.6) is 11.5 Å². The summed E-state index contributed by atoms with van der Waals surface area (Å²) in [6, 6.07) is 4.67. The second-order valence-electron chi connectivity index (χ2n) is 2.79. The van der Waals surface area contributed by atoms with Gasteiger partial charge in [0.2, 0.25) is 0 Å². The van der Waals surface area contributed by atoms with Crippen LogP contribution in [0.3, 0.4) is 0 Å². The van der Waals surface area contributed by atoms with E-state index in [1.54, 1.807) is 0 Å². The zero-order valence-corrected chi connectivity index (χ0v) is 8.77. The number of nitriles is 1. The summed E-state index contributed by atoms with van der Waals surface area (Å²) in [6.45, 7) is 0. The number of benzene rings is 1. The highest BCUT2D eigenvalue weighted by atomic mass is 16.5. The largest absolute Gasteiger partial charge is 0.493 e. The van der Waals surface area contributed by atoms with Gasteiger partial charge in [0.05, 0.1) is 25.5 Å². The molecule has 16 heavy (non-hydrogen) atoms. The van der Waals surface area contributed by atoms with Crippen LogP contribution in [0, 0.1) is 11.3 Å². The monoisotopic (exact) mass is 222 g/mol. The maximum absolute atomic E-state index is 10.5. The molecule has 0 fully saturated rings. The van der Waals surface area contributed by atoms with Crippen LogP contribution in [0.1, 0.15) is 5.56 Å². The van der Waals surface area contributed by atoms with Gasteiger partial charge in [-0.05, 0) is 0 Å². The molecular weight excluding hydrogens is 212 g/mol. The van der Waals surface area contributed by atoms with E-state index in [-0.39, 0.29) is 11.3 Å². The average molecular weight is 222 g/mol. The second-order valence-corrected chi connectivity index (χ2v) is 2.79. The summed E-state index contributed by atoms with van der Waals surface area (Å²) < 4.78 is 9.98. The Hall–Kier alpha value is -2.42. The van der Waals surface area contributed by atoms with Crippen LogP contribution in [0.25, 0.3) is 0 Å². The van der Waals surface area contributed by atoms with E-state index in [1.165, 1.54) is 26.4 Å². The molecule has 6 heteroatoms. The molecule has 0 radical (unpaired) electrons. The highest BCUT2D eigenvalue weighted by molar-refractivity contribution is 5.86. The van der Waals surface area contributed by atoms with Gasteiger partial charge in [-0.2, -0.15) is 5.26 Å². The number of hydrogen-bond donors (Lipinski definition) is 2. The number of nitrogens with one attached hydrogen (secondary N) is 1. The molecule has 0 aromatic heterocycles. The van der Waals surface area contributed by atoms with Crippen molar-refractivity contribution in [3.63, 3.8) is 0 Å². The van der Waals surface area contributed by atoms with Gasteiger partial charge in [-0.1, -0.05) is 0 Å². The van der Waals surface area contributed by atoms with Crippen molar-refractivity contribution < 1.29 is 19.4 Å². The molecule has 0 aliphatic heterocycles. The van der Waals surface area contributed by atoms with Gasteiger partial charge in [0.1, 0.15) is 6.07 Å². The second kappa shape index (κ2) is 4.89. The zero-order valence-electron chi connectivity index (χ0n) is 8.77. The number of carboxylic acid groups (broad SMARTS) is 1. The molecule has 0 aliphatic carbocycles. The molecule has 0 atom stereocenters. The smallest absolute Gasteiger partial charge is 0.409 e. The molecule has 0 bridgehead atoms. The van der Waals surface area contributed by atoms with Gasteiger partial charge in [-0.25, -0.2) is 4.79 Å². The zero-order chi connectivity index (χ0) is 12.1. The molecule has 1 aromatic rings. The van der Waals surface area contributed by atoms with Gasteiger partial charge < -0.3 is 14.6 Å². The Bertz CT molecular complexity index is 451. The lowest BCUT2D eigenvalue weighted by atomic mass is 10.1. The molecule has 1 aromatic carbocycles. The molecule has 0 aliphatic rings. The van der Waals surface area contributed by atoms with E-state index in [2.05, 4.69) is 5.32 Å². The van der Waals surface area contributed by atoms with Gasteiger partial charge in [-0.15, -0.1) is 0 Å². The number of rotatable bonds is 3. The lowest BCUT2D eigenvalue weighted by Gasteiger charge is -2.10. The first-order chi connectivity index (χ1) is 7.62. The van der Waals surface area contributed by atoms with E-state index in [1.807, 2.05) is 6.07 Å². The Kier molecular flexibility index (Phi) is 3.56. The van der Waals surface area contributed by atoms with Crippen LogP contribution < -0.4 is 14.8 Å². The average Bonchev–Trinajstić information content (AvgIpc) is 2.27. The number of hydrogen-bond acceptors (Lipinski definition) is 4. The van der Waals surface area contributed by atoms with Gasteiger partial charge >= 0.3 is 6.09 Å². The van der Waals surface area contributed by atoms with E-state index in [9.17, 15) is 4.79 Å². The molecule has 84 valence electrons. The van der Waals surface area contributed by atoms with Crippen molar-refractivity contribution in [2.24, 2.45) is 0 Å². The van der Waals surface area contributed by atoms with Crippen LogP contribution in [0.15, 0.2) is 12.1 Å². The maximum atomic E-state index is 10.5. The minimum absolute atomic E-state index is 0.160. The Morgan fingerprint density at radius 3 is 2.38 bits per heavy atom. The van der Waals surface area contributed by atoms with Crippen molar-refractivity contribution >= 4 is 11.8 Å². The third-order valence-corrected chi connectivity index (χ3v) is 1.89. The summed E-state index contributed by atoms with van der Waals surface area (Å²) in [5.41, 5.74) is 0.327. The van der Waals surface area contributed by atoms with Crippen molar-refractivity contribution in [2.45, 2.75) is 0 Å². The lowest BCUT2D eigenvalue weighted by Crippen LogP contribution is -2.09. The van der Waals surface area contributed by atoms with Gasteiger partial charge in [0.25, 0.3) is 0 Å². The highest BCUT2D eigenvalue weighted by Gasteiger charge is 2.12. The van der Waals surface area contributed by atoms with E-state index >= 15 is 0 Å². The van der Waals surface area contributed by atoms with Crippen LogP contribution in [-0.2, 0) is 0 Å². The Morgan fingerprint density at radius 2 is 1.94 bits per heavy atom. The number of anilines is 1. The molecule has 0 spiro atoms. The minimum Gasteiger partial charge on any atom is -0.493 e. The van der Waals surface area contributed by atoms with E-state index < -0.39 is 6.09 Å². The lowest BCUT2D eigenvalue weighted by molar-refractivity contribution is 0.209. The molecular formula is C10H10N2O4. The van der Waals surface area contributed by atoms with Crippen molar-refractivity contribution in [2.75, 3.05) is 19.5 Å². The van der Waals surface area contributed by atoms with Crippen LogP contribution in [0.2, 0.25) is 0 Å². The SMILES string of the molecule is COc1cc(C#N)c(NC(=O)O)cc1OC. The van der Waals surface area contributed by atoms with E-state index in [4.69, 9.17) is 19.8 Å². The Morgan fingerprint density at radius 1 is 1.38 bits per heavy atom. The fraction of sp³-hybridized carbons (Fsp3) is 0.200. The van der Waals surface area contributed by atoms with Crippen LogP contribution in [-0.4, -0.2) is 25.4 Å². The Labute approximate surface area is 92.0 Å². The normalized spacial score (nSPS) is 9.06. The van der Waals surface area contributed by atoms with E-state index in [0.29, 0.717) is 11.5 Å². The van der Waals surface area contributed by atoms with Crippen molar-refractivity contribution in [1.29, 1.82) is 5.26 Å². The standard InChI is InChI=1S/C10H10N2O4/c1-15-8-3-6(5-11)7(12-10(13)14)4-9(8)16-2/h3-4,12H,1-2H3,(H,13,14). The first kappa shape index (κ1) is 11.7. The van der Waals surface area contributed by atoms with Crippen molar-refractivity contribution in [3.05, 3.63) is 17.7 Å². The quantitative estimate of drug-likeness (QED) is 0.811. The molecule has 6 nitrogen and oxygen atoms in total. The number of carbonyl (C=O) groups is 1. The number of ether oxygens (including phenoxy) is 2. The molecule has 2 N–H and O–H groups in total. The first-order valence-electron chi connectivity index (χ1n) is 4.28. The summed E-state index contributed by atoms with van der Waals surface area (Å²) in [4.78, 5) is 10.5. The molecule has 1 amide bonds. The third-order valence-electron chi connectivity index (χ3n) is 1.89. The fourth-order valence-electron chi connectivity index (χ4n) is 1.19. The fourth-order valence-corrected chi connectivity index (χ4v) is 1.19. The van der Waals surface area contributed by atoms with Crippen molar-refractivity contribution in [3.8, 4) is 17.6 Å². The summed E-state index contributed by atoms with van der Waals surface area (Å²) in [5, 5.41) is 19.5. The summed E-state index contributed by atoms with van der Waals surface area (Å²) in [6.07, 6.45) is -1.25. The Balaban J connectivity index is 3.27. The highest BCUT2D eigenvalue weighted by Crippen LogP contribution is 2.32. The minimum atomic E-state index is -1.25. The van der Waals surface area contributed by atoms with Gasteiger partial charge in [-0.3, -0.25) is 5.32 Å². The predicted octanol–water partition coefficient (Wildman–Crippen LogP) is 1.67. The van der Waals surface area contributed by atoms with Gasteiger partial charge in [0.15, 0.2) is 11.5 Å². The summed E-state index contributed by atoms with van der Waals surface area (Å²) in [5.74, 6) is 0.722. The summed E-state index contributed by atoms with van der Waals surface area (Å²) >= 11 is 0. The van der Waals surface area contributed by atoms with Crippen LogP contribution in [0.4, 0.5) is 10.5 Å². The predicted molar refractivity (Wildman–Crippen MR) is 55.9 cm³/mol. The topological polar surface area (TPSA) is 91.6 Å². The number of nitrogens with zero attached hydrogens (tertiary/aromatic N) is 1. The van der Waals surface area contributed by atoms with Gasteiger partial charge in [0, 0.05) is 12.1 Å². The maximum Gasteiger partial charge on any atom is 0.409 e. The molecule has 0 saturated carbocycles. The first-order valence-corrected chi connectivity index (χ1v) is 4.28. The summed E-state index contributed by atoms with van der Waals surface area (Å²) in [7, 11) is 2.86.